The van der Waals surface area contributed by atoms with E-state index in [2.05, 4.69) is 4.18 Å². The Morgan fingerprint density at radius 2 is 1.39 bits per heavy atom. The van der Waals surface area contributed by atoms with E-state index in [1.165, 1.54) is 0 Å². The molecular formula is C20H21F3O7S. The van der Waals surface area contributed by atoms with Gasteiger partial charge in [0.2, 0.25) is 0 Å². The van der Waals surface area contributed by atoms with Crippen LogP contribution in [0.25, 0.3) is 0 Å². The summed E-state index contributed by atoms with van der Waals surface area (Å²) in [6.45, 7) is -0.730. The smallest absolute Gasteiger partial charge is 0.368 e. The SMILES string of the molecule is O=S(=O)(OC1COC(O)C(OCc2ccccc2)C1OCc1ccccc1)C(F)(F)F. The van der Waals surface area contributed by atoms with Crippen molar-refractivity contribution in [1.29, 1.82) is 0 Å². The van der Waals surface area contributed by atoms with Crippen molar-refractivity contribution < 1.29 is 45.1 Å². The molecule has 0 radical (unpaired) electrons. The van der Waals surface area contributed by atoms with Gasteiger partial charge >= 0.3 is 15.6 Å². The maximum absolute atomic E-state index is 12.8. The van der Waals surface area contributed by atoms with Gasteiger partial charge in [0.15, 0.2) is 6.29 Å². The Morgan fingerprint density at radius 3 is 1.87 bits per heavy atom. The van der Waals surface area contributed by atoms with Crippen molar-refractivity contribution in [1.82, 2.24) is 0 Å². The predicted molar refractivity (Wildman–Crippen MR) is 102 cm³/mol. The van der Waals surface area contributed by atoms with Gasteiger partial charge in [0.1, 0.15) is 18.3 Å². The van der Waals surface area contributed by atoms with Crippen LogP contribution in [0.5, 0.6) is 0 Å². The summed E-state index contributed by atoms with van der Waals surface area (Å²) in [5.74, 6) is 0. The van der Waals surface area contributed by atoms with Gasteiger partial charge in [-0.05, 0) is 11.1 Å². The van der Waals surface area contributed by atoms with E-state index in [-0.39, 0.29) is 13.2 Å². The molecule has 0 aliphatic carbocycles. The van der Waals surface area contributed by atoms with E-state index in [9.17, 15) is 26.7 Å². The lowest BCUT2D eigenvalue weighted by Gasteiger charge is -2.39. The van der Waals surface area contributed by atoms with Crippen LogP contribution in [0, 0.1) is 0 Å². The van der Waals surface area contributed by atoms with Gasteiger partial charge in [-0.3, -0.25) is 4.18 Å². The van der Waals surface area contributed by atoms with Crippen LogP contribution in [-0.4, -0.2) is 50.2 Å². The number of halogens is 3. The molecule has 0 aromatic heterocycles. The molecule has 1 N–H and O–H groups in total. The van der Waals surface area contributed by atoms with E-state index in [0.717, 1.165) is 5.56 Å². The Hall–Kier alpha value is -2.02. The lowest BCUT2D eigenvalue weighted by molar-refractivity contribution is -0.275. The van der Waals surface area contributed by atoms with Crippen molar-refractivity contribution in [3.05, 3.63) is 71.8 Å². The fraction of sp³-hybridized carbons (Fsp3) is 0.400. The van der Waals surface area contributed by atoms with Crippen molar-refractivity contribution in [2.24, 2.45) is 0 Å². The second-order valence-corrected chi connectivity index (χ2v) is 8.34. The molecule has 0 saturated carbocycles. The molecule has 2 aromatic rings. The summed E-state index contributed by atoms with van der Waals surface area (Å²) in [6.07, 6.45) is -5.90. The second-order valence-electron chi connectivity index (χ2n) is 6.78. The predicted octanol–water partition coefficient (Wildman–Crippen LogP) is 2.74. The van der Waals surface area contributed by atoms with Crippen molar-refractivity contribution in [3.8, 4) is 0 Å². The molecule has 4 unspecified atom stereocenters. The minimum Gasteiger partial charge on any atom is -0.368 e. The maximum atomic E-state index is 12.8. The third-order valence-corrected chi connectivity index (χ3v) is 5.57. The fourth-order valence-electron chi connectivity index (χ4n) is 2.97. The summed E-state index contributed by atoms with van der Waals surface area (Å²) in [5.41, 5.74) is -4.21. The fourth-order valence-corrected chi connectivity index (χ4v) is 3.57. The summed E-state index contributed by atoms with van der Waals surface area (Å²) < 4.78 is 82.3. The average molecular weight is 462 g/mol. The molecule has 1 aliphatic heterocycles. The molecule has 0 spiro atoms. The molecule has 11 heteroatoms. The molecule has 1 fully saturated rings. The molecular weight excluding hydrogens is 441 g/mol. The van der Waals surface area contributed by atoms with E-state index < -0.39 is 46.8 Å². The number of hydrogen-bond donors (Lipinski definition) is 1. The zero-order valence-corrected chi connectivity index (χ0v) is 17.0. The molecule has 1 saturated heterocycles. The Labute approximate surface area is 177 Å². The van der Waals surface area contributed by atoms with Crippen LogP contribution in [-0.2, 0) is 41.7 Å². The van der Waals surface area contributed by atoms with E-state index in [1.807, 2.05) is 0 Å². The minimum atomic E-state index is -5.92. The first kappa shape index (κ1) is 23.6. The third kappa shape index (κ3) is 6.25. The van der Waals surface area contributed by atoms with Gasteiger partial charge in [0.25, 0.3) is 0 Å². The lowest BCUT2D eigenvalue weighted by Crippen LogP contribution is -2.57. The Bertz CT molecular complexity index is 923. The number of rotatable bonds is 8. The van der Waals surface area contributed by atoms with Crippen LogP contribution in [0.3, 0.4) is 0 Å². The van der Waals surface area contributed by atoms with E-state index in [0.29, 0.717) is 5.56 Å². The molecule has 1 heterocycles. The number of alkyl halides is 3. The molecule has 4 atom stereocenters. The molecule has 170 valence electrons. The highest BCUT2D eigenvalue weighted by Crippen LogP contribution is 2.31. The van der Waals surface area contributed by atoms with Crippen molar-refractivity contribution in [3.63, 3.8) is 0 Å². The molecule has 1 aliphatic rings. The third-order valence-electron chi connectivity index (χ3n) is 4.51. The molecule has 2 aromatic carbocycles. The summed E-state index contributed by atoms with van der Waals surface area (Å²) in [5, 5.41) is 10.2. The van der Waals surface area contributed by atoms with E-state index >= 15 is 0 Å². The zero-order valence-electron chi connectivity index (χ0n) is 16.1. The first-order valence-corrected chi connectivity index (χ1v) is 10.7. The van der Waals surface area contributed by atoms with Gasteiger partial charge < -0.3 is 19.3 Å². The maximum Gasteiger partial charge on any atom is 0.523 e. The second kappa shape index (κ2) is 10.1. The van der Waals surface area contributed by atoms with Gasteiger partial charge in [0, 0.05) is 0 Å². The highest BCUT2D eigenvalue weighted by molar-refractivity contribution is 7.87. The first-order valence-electron chi connectivity index (χ1n) is 9.27. The van der Waals surface area contributed by atoms with Gasteiger partial charge in [-0.1, -0.05) is 60.7 Å². The van der Waals surface area contributed by atoms with Crippen LogP contribution < -0.4 is 0 Å². The van der Waals surface area contributed by atoms with Crippen LogP contribution >= 0.6 is 0 Å². The van der Waals surface area contributed by atoms with Crippen molar-refractivity contribution >= 4 is 10.1 Å². The minimum absolute atomic E-state index is 0.0180. The summed E-state index contributed by atoms with van der Waals surface area (Å²) in [6, 6.07) is 17.5. The van der Waals surface area contributed by atoms with Crippen molar-refractivity contribution in [2.45, 2.75) is 43.3 Å². The summed E-state index contributed by atoms with van der Waals surface area (Å²) in [7, 11) is -5.92. The lowest BCUT2D eigenvalue weighted by atomic mass is 10.0. The quantitative estimate of drug-likeness (QED) is 0.477. The average Bonchev–Trinajstić information content (AvgIpc) is 2.73. The Kier molecular flexibility index (Phi) is 7.68. The molecule has 7 nitrogen and oxygen atoms in total. The first-order chi connectivity index (χ1) is 14.7. The van der Waals surface area contributed by atoms with Crippen LogP contribution in [0.15, 0.2) is 60.7 Å². The number of ether oxygens (including phenoxy) is 3. The van der Waals surface area contributed by atoms with Gasteiger partial charge in [-0.15, -0.1) is 0 Å². The van der Waals surface area contributed by atoms with Gasteiger partial charge in [-0.2, -0.15) is 21.6 Å². The van der Waals surface area contributed by atoms with Crippen molar-refractivity contribution in [2.75, 3.05) is 6.61 Å². The number of aliphatic hydroxyl groups is 1. The normalized spacial score (nSPS) is 24.8. The molecule has 3 rings (SSSR count). The summed E-state index contributed by atoms with van der Waals surface area (Å²) in [4.78, 5) is 0. The van der Waals surface area contributed by atoms with Crippen LogP contribution in [0.4, 0.5) is 13.2 Å². The molecule has 31 heavy (non-hydrogen) atoms. The monoisotopic (exact) mass is 462 g/mol. The highest BCUT2D eigenvalue weighted by Gasteiger charge is 2.52. The summed E-state index contributed by atoms with van der Waals surface area (Å²) >= 11 is 0. The van der Waals surface area contributed by atoms with Crippen LogP contribution in [0.1, 0.15) is 11.1 Å². The van der Waals surface area contributed by atoms with E-state index in [4.69, 9.17) is 14.2 Å². The zero-order chi connectivity index (χ0) is 22.5. The standard InChI is InChI=1S/C20H21F3O7S/c21-20(22,23)31(25,26)30-16-13-29-19(24)18(28-12-15-9-5-2-6-10-15)17(16)27-11-14-7-3-1-4-8-14/h1-10,16-19,24H,11-13H2. The molecule has 0 bridgehead atoms. The number of hydrogen-bond acceptors (Lipinski definition) is 7. The Morgan fingerprint density at radius 1 is 0.903 bits per heavy atom. The van der Waals surface area contributed by atoms with Gasteiger partial charge in [-0.25, -0.2) is 0 Å². The molecule has 0 amide bonds. The number of aliphatic hydroxyl groups excluding tert-OH is 1. The topological polar surface area (TPSA) is 91.3 Å². The van der Waals surface area contributed by atoms with Gasteiger partial charge in [0.05, 0.1) is 19.8 Å². The van der Waals surface area contributed by atoms with E-state index in [1.54, 1.807) is 60.7 Å². The Balaban J connectivity index is 1.80. The highest BCUT2D eigenvalue weighted by atomic mass is 32.2. The van der Waals surface area contributed by atoms with Crippen LogP contribution in [0.2, 0.25) is 0 Å². The largest absolute Gasteiger partial charge is 0.523 e. The number of benzene rings is 2.